The molecule has 0 aliphatic carbocycles. The lowest BCUT2D eigenvalue weighted by Crippen LogP contribution is -1.97. The molecule has 2 aromatic rings. The number of thioether (sulfide) groups is 1. The Morgan fingerprint density at radius 2 is 2.07 bits per heavy atom. The molecule has 0 saturated heterocycles. The van der Waals surface area contributed by atoms with Crippen LogP contribution in [-0.2, 0) is 7.05 Å². The van der Waals surface area contributed by atoms with Gasteiger partial charge >= 0.3 is 0 Å². The SMILES string of the molecule is C=C/C=C(\C=C/CBr)c1nc(-c2ccccn2)n(C)c1SCC(=C)/C=C\C(=C)Cl. The van der Waals surface area contributed by atoms with Gasteiger partial charge < -0.3 is 4.57 Å². The molecule has 0 saturated carbocycles. The van der Waals surface area contributed by atoms with Gasteiger partial charge in [0.1, 0.15) is 16.4 Å². The highest BCUT2D eigenvalue weighted by Crippen LogP contribution is 2.33. The summed E-state index contributed by atoms with van der Waals surface area (Å²) in [4.78, 5) is 9.38. The summed E-state index contributed by atoms with van der Waals surface area (Å²) in [5.41, 5.74) is 3.63. The second-order valence-corrected chi connectivity index (χ2v) is 8.10. The van der Waals surface area contributed by atoms with E-state index >= 15 is 0 Å². The van der Waals surface area contributed by atoms with Crippen LogP contribution < -0.4 is 0 Å². The van der Waals surface area contributed by atoms with Crippen LogP contribution in [0.4, 0.5) is 0 Å². The van der Waals surface area contributed by atoms with E-state index in [9.17, 15) is 0 Å². The van der Waals surface area contributed by atoms with Crippen molar-refractivity contribution in [2.24, 2.45) is 7.05 Å². The van der Waals surface area contributed by atoms with Crippen molar-refractivity contribution in [3.05, 3.63) is 96.9 Å². The van der Waals surface area contributed by atoms with Crippen molar-refractivity contribution in [1.82, 2.24) is 14.5 Å². The maximum Gasteiger partial charge on any atom is 0.159 e. The van der Waals surface area contributed by atoms with Crippen molar-refractivity contribution in [3.8, 4) is 11.5 Å². The van der Waals surface area contributed by atoms with Gasteiger partial charge in [-0.3, -0.25) is 4.98 Å². The van der Waals surface area contributed by atoms with E-state index in [1.165, 1.54) is 0 Å². The number of imidazole rings is 1. The highest BCUT2D eigenvalue weighted by atomic mass is 79.9. The van der Waals surface area contributed by atoms with E-state index in [-0.39, 0.29) is 0 Å². The number of rotatable bonds is 10. The molecule has 150 valence electrons. The highest BCUT2D eigenvalue weighted by Gasteiger charge is 2.19. The molecule has 0 N–H and O–H groups in total. The Kier molecular flexibility index (Phi) is 9.45. The lowest BCUT2D eigenvalue weighted by atomic mass is 10.1. The predicted octanol–water partition coefficient (Wildman–Crippen LogP) is 6.96. The third-order valence-electron chi connectivity index (χ3n) is 3.79. The monoisotopic (exact) mass is 487 g/mol. The maximum absolute atomic E-state index is 5.81. The van der Waals surface area contributed by atoms with Gasteiger partial charge in [-0.2, -0.15) is 0 Å². The Labute approximate surface area is 190 Å². The second kappa shape index (κ2) is 11.8. The van der Waals surface area contributed by atoms with Gasteiger partial charge in [-0.05, 0) is 23.8 Å². The third kappa shape index (κ3) is 6.74. The van der Waals surface area contributed by atoms with Crippen LogP contribution in [0.3, 0.4) is 0 Å². The Morgan fingerprint density at radius 3 is 2.69 bits per heavy atom. The fraction of sp³-hybridized carbons (Fsp3) is 0.130. The summed E-state index contributed by atoms with van der Waals surface area (Å²) in [5.74, 6) is 1.50. The van der Waals surface area contributed by atoms with Crippen LogP contribution in [-0.4, -0.2) is 25.6 Å². The van der Waals surface area contributed by atoms with Crippen molar-refractivity contribution in [2.45, 2.75) is 5.03 Å². The minimum absolute atomic E-state index is 0.478. The van der Waals surface area contributed by atoms with E-state index in [0.717, 1.165) is 38.7 Å². The van der Waals surface area contributed by atoms with Crippen molar-refractivity contribution in [2.75, 3.05) is 11.1 Å². The highest BCUT2D eigenvalue weighted by molar-refractivity contribution is 9.09. The number of hydrogen-bond donors (Lipinski definition) is 0. The fourth-order valence-electron chi connectivity index (χ4n) is 2.49. The average molecular weight is 489 g/mol. The van der Waals surface area contributed by atoms with Crippen LogP contribution in [0.1, 0.15) is 5.69 Å². The summed E-state index contributed by atoms with van der Waals surface area (Å²) in [6.07, 6.45) is 13.2. The van der Waals surface area contributed by atoms with E-state index in [1.807, 2.05) is 49.6 Å². The van der Waals surface area contributed by atoms with Crippen molar-refractivity contribution in [3.63, 3.8) is 0 Å². The molecule has 0 spiro atoms. The van der Waals surface area contributed by atoms with E-state index in [2.05, 4.69) is 45.2 Å². The number of halogens is 2. The Morgan fingerprint density at radius 1 is 1.28 bits per heavy atom. The Bertz CT molecular complexity index is 972. The molecule has 2 heterocycles. The number of alkyl halides is 1. The van der Waals surface area contributed by atoms with E-state index in [4.69, 9.17) is 16.6 Å². The molecule has 0 aliphatic rings. The maximum atomic E-state index is 5.81. The summed E-state index contributed by atoms with van der Waals surface area (Å²) >= 11 is 10.9. The first kappa shape index (κ1) is 23.2. The van der Waals surface area contributed by atoms with E-state index < -0.39 is 0 Å². The predicted molar refractivity (Wildman–Crippen MR) is 132 cm³/mol. The van der Waals surface area contributed by atoms with Crippen LogP contribution >= 0.6 is 39.3 Å². The lowest BCUT2D eigenvalue weighted by Gasteiger charge is -2.08. The van der Waals surface area contributed by atoms with Crippen LogP contribution in [0.5, 0.6) is 0 Å². The number of aromatic nitrogens is 3. The number of allylic oxidation sites excluding steroid dienone is 8. The zero-order chi connectivity index (χ0) is 21.2. The molecule has 2 aromatic heterocycles. The van der Waals surface area contributed by atoms with Crippen LogP contribution in [0.25, 0.3) is 17.1 Å². The molecule has 29 heavy (non-hydrogen) atoms. The molecular weight excluding hydrogens is 466 g/mol. The van der Waals surface area contributed by atoms with Gasteiger partial charge in [0, 0.05) is 34.9 Å². The zero-order valence-corrected chi connectivity index (χ0v) is 19.5. The molecule has 0 unspecified atom stereocenters. The normalized spacial score (nSPS) is 12.0. The lowest BCUT2D eigenvalue weighted by molar-refractivity contribution is 0.828. The molecular formula is C23H23BrClN3S. The first-order valence-electron chi connectivity index (χ1n) is 8.84. The molecule has 0 aliphatic heterocycles. The van der Waals surface area contributed by atoms with Gasteiger partial charge in [0.15, 0.2) is 5.82 Å². The average Bonchev–Trinajstić information content (AvgIpc) is 3.04. The van der Waals surface area contributed by atoms with Crippen molar-refractivity contribution < 1.29 is 0 Å². The van der Waals surface area contributed by atoms with Crippen LogP contribution in [0.2, 0.25) is 0 Å². The summed E-state index contributed by atoms with van der Waals surface area (Å²) in [6, 6.07) is 5.81. The van der Waals surface area contributed by atoms with Crippen molar-refractivity contribution in [1.29, 1.82) is 0 Å². The molecule has 6 heteroatoms. The topological polar surface area (TPSA) is 30.7 Å². The van der Waals surface area contributed by atoms with Gasteiger partial charge in [-0.1, -0.05) is 83.7 Å². The minimum Gasteiger partial charge on any atom is -0.320 e. The van der Waals surface area contributed by atoms with Crippen molar-refractivity contribution >= 4 is 44.9 Å². The summed E-state index contributed by atoms with van der Waals surface area (Å²) in [6.45, 7) is 11.6. The first-order chi connectivity index (χ1) is 14.0. The molecule has 0 amide bonds. The Hall–Kier alpha value is -2.08. The molecule has 2 rings (SSSR count). The summed E-state index contributed by atoms with van der Waals surface area (Å²) < 4.78 is 2.07. The van der Waals surface area contributed by atoms with Crippen LogP contribution in [0.15, 0.2) is 96.2 Å². The minimum atomic E-state index is 0.478. The van der Waals surface area contributed by atoms with E-state index in [1.54, 1.807) is 30.1 Å². The number of pyridine rings is 1. The quantitative estimate of drug-likeness (QED) is 0.206. The van der Waals surface area contributed by atoms with Gasteiger partial charge in [0.2, 0.25) is 0 Å². The van der Waals surface area contributed by atoms with E-state index in [0.29, 0.717) is 10.8 Å². The third-order valence-corrected chi connectivity index (χ3v) is 5.54. The molecule has 0 atom stereocenters. The number of nitrogens with zero attached hydrogens (tertiary/aromatic N) is 3. The summed E-state index contributed by atoms with van der Waals surface area (Å²) in [5, 5.41) is 2.26. The standard InChI is InChI=1S/C23H23BrClN3S/c1-5-9-19(10-8-14-24)21-23(29-16-17(2)12-13-18(3)25)28(4)22(27-21)20-11-6-7-15-26-20/h5-13,15H,1-3,14,16H2,4H3/b10-8-,13-12-,19-9+. The Balaban J connectivity index is 2.48. The van der Waals surface area contributed by atoms with Gasteiger partial charge in [-0.15, -0.1) is 11.8 Å². The van der Waals surface area contributed by atoms with Gasteiger partial charge in [0.05, 0.1) is 0 Å². The first-order valence-corrected chi connectivity index (χ1v) is 11.3. The molecule has 0 radical (unpaired) electrons. The molecule has 3 nitrogen and oxygen atoms in total. The fourth-order valence-corrected chi connectivity index (χ4v) is 3.74. The molecule has 0 bridgehead atoms. The largest absolute Gasteiger partial charge is 0.320 e. The number of hydrogen-bond acceptors (Lipinski definition) is 3. The molecule has 0 fully saturated rings. The van der Waals surface area contributed by atoms with Gasteiger partial charge in [-0.25, -0.2) is 4.98 Å². The summed E-state index contributed by atoms with van der Waals surface area (Å²) in [7, 11) is 2.00. The van der Waals surface area contributed by atoms with Crippen LogP contribution in [0, 0.1) is 0 Å². The smallest absolute Gasteiger partial charge is 0.159 e. The van der Waals surface area contributed by atoms with Gasteiger partial charge in [0.25, 0.3) is 0 Å². The zero-order valence-electron chi connectivity index (χ0n) is 16.3. The molecule has 0 aromatic carbocycles. The second-order valence-electron chi connectivity index (χ2n) is 6.00.